The molecule has 1 fully saturated rings. The Hall–Kier alpha value is -3.02. The van der Waals surface area contributed by atoms with Gasteiger partial charge in [0.2, 0.25) is 0 Å². The van der Waals surface area contributed by atoms with Crippen LogP contribution in [-0.2, 0) is 0 Å². The lowest BCUT2D eigenvalue weighted by atomic mass is 10.1. The number of anilines is 1. The Balaban J connectivity index is 2.29. The van der Waals surface area contributed by atoms with Gasteiger partial charge in [-0.25, -0.2) is 14.0 Å². The minimum atomic E-state index is -1.22. The summed E-state index contributed by atoms with van der Waals surface area (Å²) < 4.78 is 13.6. The van der Waals surface area contributed by atoms with E-state index in [1.807, 2.05) is 0 Å². The number of piperazine rings is 1. The topological polar surface area (TPSA) is 120 Å². The number of nitrogens with two attached hydrogens (primary N) is 1. The highest BCUT2D eigenvalue weighted by Crippen LogP contribution is 2.14. The molecule has 0 aliphatic carbocycles. The van der Waals surface area contributed by atoms with E-state index in [0.717, 1.165) is 16.0 Å². The molecule has 1 atom stereocenters. The normalized spacial score (nSPS) is 17.6. The molecule has 0 bridgehead atoms. The van der Waals surface area contributed by atoms with Gasteiger partial charge in [0.15, 0.2) is 5.82 Å². The van der Waals surface area contributed by atoms with Gasteiger partial charge in [-0.1, -0.05) is 11.8 Å². The quantitative estimate of drug-likeness (QED) is 0.600. The van der Waals surface area contributed by atoms with Gasteiger partial charge in [0.1, 0.15) is 6.04 Å². The third kappa shape index (κ3) is 3.17. The molecule has 22 heavy (non-hydrogen) atoms. The monoisotopic (exact) mass is 308 g/mol. The first-order valence-electron chi connectivity index (χ1n) is 6.28. The molecule has 2 amide bonds. The zero-order valence-corrected chi connectivity index (χ0v) is 11.4. The van der Waals surface area contributed by atoms with Gasteiger partial charge in [-0.05, 0) is 0 Å². The molecule has 1 unspecified atom stereocenters. The molecule has 1 aliphatic rings. The predicted octanol–water partition coefficient (Wildman–Crippen LogP) is 0.497. The van der Waals surface area contributed by atoms with Gasteiger partial charge in [-0.15, -0.1) is 0 Å². The number of pyridine rings is 1. The third-order valence-electron chi connectivity index (χ3n) is 3.19. The highest BCUT2D eigenvalue weighted by molar-refractivity contribution is 5.69. The van der Waals surface area contributed by atoms with Gasteiger partial charge in [0.25, 0.3) is 0 Å². The second-order valence-corrected chi connectivity index (χ2v) is 4.58. The number of aromatic nitrogens is 1. The molecule has 8 nitrogen and oxygen atoms in total. The fourth-order valence-corrected chi connectivity index (χ4v) is 2.05. The van der Waals surface area contributed by atoms with E-state index in [4.69, 9.17) is 15.9 Å². The van der Waals surface area contributed by atoms with Gasteiger partial charge in [0.05, 0.1) is 30.2 Å². The molecule has 2 rings (SSSR count). The minimum Gasteiger partial charge on any atom is -0.465 e. The van der Waals surface area contributed by atoms with Gasteiger partial charge < -0.3 is 20.8 Å². The van der Waals surface area contributed by atoms with Crippen molar-refractivity contribution in [1.29, 1.82) is 0 Å². The van der Waals surface area contributed by atoms with Crippen LogP contribution in [0.5, 0.6) is 0 Å². The summed E-state index contributed by atoms with van der Waals surface area (Å²) in [4.78, 5) is 27.8. The van der Waals surface area contributed by atoms with Crippen LogP contribution in [0.15, 0.2) is 12.4 Å². The fourth-order valence-electron chi connectivity index (χ4n) is 2.05. The maximum atomic E-state index is 13.6. The Morgan fingerprint density at radius 3 is 2.64 bits per heavy atom. The number of carbonyl (C=O) groups is 2. The van der Waals surface area contributed by atoms with Gasteiger partial charge in [-0.3, -0.25) is 9.88 Å². The summed E-state index contributed by atoms with van der Waals surface area (Å²) >= 11 is 0. The Morgan fingerprint density at radius 1 is 1.32 bits per heavy atom. The van der Waals surface area contributed by atoms with E-state index in [1.165, 1.54) is 6.20 Å². The third-order valence-corrected chi connectivity index (χ3v) is 3.19. The highest BCUT2D eigenvalue weighted by Gasteiger charge is 2.31. The van der Waals surface area contributed by atoms with Crippen LogP contribution >= 0.6 is 0 Å². The van der Waals surface area contributed by atoms with Crippen molar-refractivity contribution in [3.63, 3.8) is 0 Å². The number of halogens is 1. The molecular weight excluding hydrogens is 295 g/mol. The van der Waals surface area contributed by atoms with Crippen molar-refractivity contribution < 1.29 is 24.2 Å². The summed E-state index contributed by atoms with van der Waals surface area (Å²) in [5.74, 6) is 4.34. The highest BCUT2D eigenvalue weighted by atomic mass is 19.1. The van der Waals surface area contributed by atoms with Crippen LogP contribution in [0.2, 0.25) is 0 Å². The Morgan fingerprint density at radius 2 is 2.05 bits per heavy atom. The van der Waals surface area contributed by atoms with E-state index in [2.05, 4.69) is 16.8 Å². The average Bonchev–Trinajstić information content (AvgIpc) is 2.46. The summed E-state index contributed by atoms with van der Waals surface area (Å²) in [5.41, 5.74) is 5.51. The Bertz CT molecular complexity index is 649. The second kappa shape index (κ2) is 6.17. The molecule has 9 heteroatoms. The van der Waals surface area contributed by atoms with Crippen LogP contribution in [0, 0.1) is 17.7 Å². The van der Waals surface area contributed by atoms with Crippen molar-refractivity contribution in [3.8, 4) is 11.8 Å². The number of amides is 2. The van der Waals surface area contributed by atoms with Crippen molar-refractivity contribution >= 4 is 17.9 Å². The maximum absolute atomic E-state index is 13.6. The molecule has 0 saturated carbocycles. The molecule has 1 saturated heterocycles. The molecule has 0 spiro atoms. The van der Waals surface area contributed by atoms with Crippen LogP contribution in [-0.4, -0.2) is 62.9 Å². The van der Waals surface area contributed by atoms with Crippen molar-refractivity contribution in [1.82, 2.24) is 14.8 Å². The van der Waals surface area contributed by atoms with E-state index in [0.29, 0.717) is 0 Å². The summed E-state index contributed by atoms with van der Waals surface area (Å²) in [5, 5.41) is 18.1. The summed E-state index contributed by atoms with van der Waals surface area (Å²) in [6.07, 6.45) is -0.203. The van der Waals surface area contributed by atoms with Crippen molar-refractivity contribution in [3.05, 3.63) is 23.8 Å². The van der Waals surface area contributed by atoms with Crippen LogP contribution < -0.4 is 5.73 Å². The van der Waals surface area contributed by atoms with E-state index < -0.39 is 24.0 Å². The molecule has 1 aromatic heterocycles. The maximum Gasteiger partial charge on any atom is 0.408 e. The average molecular weight is 308 g/mol. The zero-order valence-electron chi connectivity index (χ0n) is 11.4. The fraction of sp³-hybridized carbons (Fsp3) is 0.308. The SMILES string of the molecule is Nc1cncc(F)c1C#CC1CN(C(=O)O)CCN1C(=O)O. The lowest BCUT2D eigenvalue weighted by Crippen LogP contribution is -2.55. The van der Waals surface area contributed by atoms with E-state index in [1.54, 1.807) is 0 Å². The molecule has 116 valence electrons. The van der Waals surface area contributed by atoms with Crippen molar-refractivity contribution in [2.24, 2.45) is 0 Å². The van der Waals surface area contributed by atoms with Gasteiger partial charge in [0, 0.05) is 13.1 Å². The standard InChI is InChI=1S/C13H13FN4O4/c14-10-5-16-6-11(15)9(10)2-1-8-7-17(12(19)20)3-4-18(8)13(21)22/h5-6,8H,3-4,7,15H2,(H,19,20)(H,21,22). The number of hydrogen-bond donors (Lipinski definition) is 3. The van der Waals surface area contributed by atoms with Crippen LogP contribution in [0.25, 0.3) is 0 Å². The predicted molar refractivity (Wildman–Crippen MR) is 73.6 cm³/mol. The molecule has 1 aromatic rings. The summed E-state index contributed by atoms with van der Waals surface area (Å²) in [7, 11) is 0. The number of hydrogen-bond acceptors (Lipinski definition) is 4. The molecule has 0 radical (unpaired) electrons. The molecule has 2 heterocycles. The number of carboxylic acid groups (broad SMARTS) is 2. The summed E-state index contributed by atoms with van der Waals surface area (Å²) in [6, 6.07) is -0.894. The lowest BCUT2D eigenvalue weighted by molar-refractivity contribution is 0.0790. The largest absolute Gasteiger partial charge is 0.465 e. The molecular formula is C13H13FN4O4. The smallest absolute Gasteiger partial charge is 0.408 e. The lowest BCUT2D eigenvalue weighted by Gasteiger charge is -2.35. The second-order valence-electron chi connectivity index (χ2n) is 4.58. The minimum absolute atomic E-state index is 0.00467. The van der Waals surface area contributed by atoms with E-state index >= 15 is 0 Å². The van der Waals surface area contributed by atoms with Crippen LogP contribution in [0.1, 0.15) is 5.56 Å². The van der Waals surface area contributed by atoms with Crippen molar-refractivity contribution in [2.45, 2.75) is 6.04 Å². The number of rotatable bonds is 0. The summed E-state index contributed by atoms with van der Waals surface area (Å²) in [6.45, 7) is -0.0535. The van der Waals surface area contributed by atoms with E-state index in [-0.39, 0.29) is 30.9 Å². The number of nitrogen functional groups attached to an aromatic ring is 1. The Labute approximate surface area is 125 Å². The van der Waals surface area contributed by atoms with Crippen LogP contribution in [0.3, 0.4) is 0 Å². The Kier molecular flexibility index (Phi) is 4.31. The van der Waals surface area contributed by atoms with E-state index in [9.17, 15) is 14.0 Å². The molecule has 4 N–H and O–H groups in total. The van der Waals surface area contributed by atoms with Gasteiger partial charge in [-0.2, -0.15) is 0 Å². The molecule has 0 aromatic carbocycles. The zero-order chi connectivity index (χ0) is 16.3. The first-order valence-corrected chi connectivity index (χ1v) is 6.28. The first-order chi connectivity index (χ1) is 10.4. The van der Waals surface area contributed by atoms with Gasteiger partial charge >= 0.3 is 12.2 Å². The van der Waals surface area contributed by atoms with Crippen LogP contribution in [0.4, 0.5) is 19.7 Å². The first kappa shape index (κ1) is 15.4. The van der Waals surface area contributed by atoms with Crippen molar-refractivity contribution in [2.75, 3.05) is 25.4 Å². The molecule has 1 aliphatic heterocycles. The number of nitrogens with zero attached hydrogens (tertiary/aromatic N) is 3.